The lowest BCUT2D eigenvalue weighted by atomic mass is 9.76. The van der Waals surface area contributed by atoms with Crippen molar-refractivity contribution in [1.82, 2.24) is 9.97 Å². The van der Waals surface area contributed by atoms with Crippen molar-refractivity contribution in [2.45, 2.75) is 33.1 Å². The van der Waals surface area contributed by atoms with Crippen LogP contribution < -0.4 is 9.64 Å². The van der Waals surface area contributed by atoms with Gasteiger partial charge in [0.25, 0.3) is 0 Å². The number of hydrogen-bond donors (Lipinski definition) is 1. The van der Waals surface area contributed by atoms with E-state index in [4.69, 9.17) is 4.74 Å². The topological polar surface area (TPSA) is 75.5 Å². The lowest BCUT2D eigenvalue weighted by Crippen LogP contribution is -2.44. The molecule has 0 radical (unpaired) electrons. The monoisotopic (exact) mass is 279 g/mol. The number of aliphatic carboxylic acids is 1. The molecule has 0 spiro atoms. The predicted molar refractivity (Wildman–Crippen MR) is 75.0 cm³/mol. The molecule has 0 atom stereocenters. The maximum Gasteiger partial charge on any atom is 0.309 e. The van der Waals surface area contributed by atoms with E-state index in [1.165, 1.54) is 0 Å². The van der Waals surface area contributed by atoms with Gasteiger partial charge in [0.15, 0.2) is 5.82 Å². The van der Waals surface area contributed by atoms with Gasteiger partial charge in [-0.1, -0.05) is 6.92 Å². The summed E-state index contributed by atoms with van der Waals surface area (Å²) in [6, 6.07) is 0. The third-order valence-electron chi connectivity index (χ3n) is 4.07. The molecule has 1 N–H and O–H groups in total. The molecule has 0 aliphatic carbocycles. The van der Waals surface area contributed by atoms with Crippen molar-refractivity contribution < 1.29 is 14.6 Å². The van der Waals surface area contributed by atoms with Gasteiger partial charge in [-0.2, -0.15) is 4.98 Å². The molecule has 1 fully saturated rings. The van der Waals surface area contributed by atoms with E-state index in [0.717, 1.165) is 5.82 Å². The molecular formula is C14H21N3O3. The van der Waals surface area contributed by atoms with E-state index in [9.17, 15) is 9.90 Å². The van der Waals surface area contributed by atoms with Crippen LogP contribution in [0.1, 0.15) is 33.1 Å². The number of rotatable bonds is 5. The van der Waals surface area contributed by atoms with Gasteiger partial charge in [0.05, 0.1) is 24.4 Å². The maximum absolute atomic E-state index is 11.4. The molecule has 2 heterocycles. The molecule has 0 amide bonds. The molecule has 20 heavy (non-hydrogen) atoms. The molecule has 1 aromatic rings. The van der Waals surface area contributed by atoms with Gasteiger partial charge in [-0.25, -0.2) is 0 Å². The molecule has 1 aliphatic rings. The zero-order valence-electron chi connectivity index (χ0n) is 12.0. The van der Waals surface area contributed by atoms with E-state index >= 15 is 0 Å². The van der Waals surface area contributed by atoms with Crippen LogP contribution >= 0.6 is 0 Å². The van der Waals surface area contributed by atoms with Crippen LogP contribution in [0.4, 0.5) is 5.82 Å². The SMILES string of the molecule is CCOc1cncc(N2CCC(CC)(C(=O)O)CC2)n1. The Labute approximate surface area is 118 Å². The molecular weight excluding hydrogens is 258 g/mol. The zero-order valence-corrected chi connectivity index (χ0v) is 12.0. The van der Waals surface area contributed by atoms with Crippen LogP contribution in [0.15, 0.2) is 12.4 Å². The second-order valence-electron chi connectivity index (χ2n) is 5.07. The fourth-order valence-corrected chi connectivity index (χ4v) is 2.59. The van der Waals surface area contributed by atoms with Crippen LogP contribution in [-0.4, -0.2) is 40.7 Å². The van der Waals surface area contributed by atoms with E-state index in [1.54, 1.807) is 12.4 Å². The fraction of sp³-hybridized carbons (Fsp3) is 0.643. The minimum absolute atomic E-state index is 0.510. The first kappa shape index (κ1) is 14.6. The van der Waals surface area contributed by atoms with Crippen LogP contribution in [0.25, 0.3) is 0 Å². The number of ether oxygens (including phenoxy) is 1. The van der Waals surface area contributed by atoms with E-state index in [1.807, 2.05) is 13.8 Å². The van der Waals surface area contributed by atoms with Crippen molar-refractivity contribution in [3.63, 3.8) is 0 Å². The van der Waals surface area contributed by atoms with Crippen molar-refractivity contribution in [3.05, 3.63) is 12.4 Å². The van der Waals surface area contributed by atoms with E-state index < -0.39 is 11.4 Å². The zero-order chi connectivity index (χ0) is 14.6. The molecule has 0 saturated carbocycles. The van der Waals surface area contributed by atoms with Gasteiger partial charge in [0, 0.05) is 13.1 Å². The van der Waals surface area contributed by atoms with E-state index in [-0.39, 0.29) is 0 Å². The highest BCUT2D eigenvalue weighted by molar-refractivity contribution is 5.75. The van der Waals surface area contributed by atoms with Gasteiger partial charge in [0.2, 0.25) is 5.88 Å². The molecule has 0 bridgehead atoms. The molecule has 2 rings (SSSR count). The summed E-state index contributed by atoms with van der Waals surface area (Å²) in [6.45, 7) is 5.77. The number of carboxylic acids is 1. The molecule has 110 valence electrons. The molecule has 6 heteroatoms. The average molecular weight is 279 g/mol. The van der Waals surface area contributed by atoms with Crippen LogP contribution in [-0.2, 0) is 4.79 Å². The Bertz CT molecular complexity index is 470. The fourth-order valence-electron chi connectivity index (χ4n) is 2.59. The largest absolute Gasteiger partial charge is 0.481 e. The maximum atomic E-state index is 11.4. The Morgan fingerprint density at radius 1 is 1.40 bits per heavy atom. The molecule has 0 aromatic carbocycles. The van der Waals surface area contributed by atoms with Crippen LogP contribution in [0.2, 0.25) is 0 Å². The standard InChI is InChI=1S/C14H21N3O3/c1-3-14(13(18)19)5-7-17(8-6-14)11-9-15-10-12(16-11)20-4-2/h9-10H,3-8H2,1-2H3,(H,18,19). The summed E-state index contributed by atoms with van der Waals surface area (Å²) in [5, 5.41) is 9.39. The quantitative estimate of drug-likeness (QED) is 0.888. The third-order valence-corrected chi connectivity index (χ3v) is 4.07. The first-order valence-corrected chi connectivity index (χ1v) is 7.04. The number of nitrogens with zero attached hydrogens (tertiary/aromatic N) is 3. The summed E-state index contributed by atoms with van der Waals surface area (Å²) in [7, 11) is 0. The van der Waals surface area contributed by atoms with Gasteiger partial charge in [0.1, 0.15) is 0 Å². The van der Waals surface area contributed by atoms with Crippen molar-refractivity contribution in [3.8, 4) is 5.88 Å². The third kappa shape index (κ3) is 2.84. The van der Waals surface area contributed by atoms with Crippen LogP contribution in [0, 0.1) is 5.41 Å². The number of piperidine rings is 1. The summed E-state index contributed by atoms with van der Waals surface area (Å²) in [5.41, 5.74) is -0.582. The van der Waals surface area contributed by atoms with Crippen molar-refractivity contribution in [1.29, 1.82) is 0 Å². The molecule has 0 unspecified atom stereocenters. The first-order chi connectivity index (χ1) is 9.61. The van der Waals surface area contributed by atoms with Crippen LogP contribution in [0.5, 0.6) is 5.88 Å². The van der Waals surface area contributed by atoms with Crippen LogP contribution in [0.3, 0.4) is 0 Å². The Hall–Kier alpha value is -1.85. The number of anilines is 1. The second kappa shape index (κ2) is 6.07. The highest BCUT2D eigenvalue weighted by Gasteiger charge is 2.40. The average Bonchev–Trinajstić information content (AvgIpc) is 2.48. The minimum Gasteiger partial charge on any atom is -0.481 e. The smallest absolute Gasteiger partial charge is 0.309 e. The Kier molecular flexibility index (Phi) is 4.42. The van der Waals surface area contributed by atoms with Gasteiger partial charge >= 0.3 is 5.97 Å². The molecule has 1 aliphatic heterocycles. The van der Waals surface area contributed by atoms with E-state index in [0.29, 0.717) is 44.8 Å². The number of aromatic nitrogens is 2. The van der Waals surface area contributed by atoms with Gasteiger partial charge < -0.3 is 14.7 Å². The van der Waals surface area contributed by atoms with Gasteiger partial charge in [-0.05, 0) is 26.2 Å². The Morgan fingerprint density at radius 2 is 2.10 bits per heavy atom. The molecule has 6 nitrogen and oxygen atoms in total. The normalized spacial score (nSPS) is 17.8. The molecule has 1 aromatic heterocycles. The van der Waals surface area contributed by atoms with Gasteiger partial charge in [-0.3, -0.25) is 9.78 Å². The number of carbonyl (C=O) groups is 1. The minimum atomic E-state index is -0.686. The predicted octanol–water partition coefficient (Wildman–Crippen LogP) is 1.96. The van der Waals surface area contributed by atoms with Crippen molar-refractivity contribution in [2.24, 2.45) is 5.41 Å². The van der Waals surface area contributed by atoms with Crippen molar-refractivity contribution >= 4 is 11.8 Å². The van der Waals surface area contributed by atoms with E-state index in [2.05, 4.69) is 14.9 Å². The molecule has 1 saturated heterocycles. The summed E-state index contributed by atoms with van der Waals surface area (Å²) in [4.78, 5) is 22.0. The second-order valence-corrected chi connectivity index (χ2v) is 5.07. The highest BCUT2D eigenvalue weighted by Crippen LogP contribution is 2.36. The Balaban J connectivity index is 2.07. The Morgan fingerprint density at radius 3 is 2.65 bits per heavy atom. The highest BCUT2D eigenvalue weighted by atomic mass is 16.5. The lowest BCUT2D eigenvalue weighted by molar-refractivity contribution is -0.150. The summed E-state index contributed by atoms with van der Waals surface area (Å²) in [6.07, 6.45) is 5.23. The number of hydrogen-bond acceptors (Lipinski definition) is 5. The summed E-state index contributed by atoms with van der Waals surface area (Å²) >= 11 is 0. The van der Waals surface area contributed by atoms with Crippen molar-refractivity contribution in [2.75, 3.05) is 24.6 Å². The number of carboxylic acid groups (broad SMARTS) is 1. The first-order valence-electron chi connectivity index (χ1n) is 7.04. The summed E-state index contributed by atoms with van der Waals surface area (Å²) in [5.74, 6) is 0.579. The van der Waals surface area contributed by atoms with Gasteiger partial charge in [-0.15, -0.1) is 0 Å². The summed E-state index contributed by atoms with van der Waals surface area (Å²) < 4.78 is 5.34. The lowest BCUT2D eigenvalue weighted by Gasteiger charge is -2.38.